The molecule has 2 rings (SSSR count). The van der Waals surface area contributed by atoms with Crippen LogP contribution >= 0.6 is 11.8 Å². The number of thioether (sulfide) groups is 1. The molecule has 124 valence electrons. The number of carboxylic acid groups (broad SMARTS) is 1. The summed E-state index contributed by atoms with van der Waals surface area (Å²) in [6.07, 6.45) is 0. The second kappa shape index (κ2) is 7.36. The molecular weight excluding hydrogens is 322 g/mol. The molecule has 1 aliphatic rings. The summed E-state index contributed by atoms with van der Waals surface area (Å²) < 4.78 is 10.5. The molecule has 1 N–H and O–H groups in total. The van der Waals surface area contributed by atoms with Crippen molar-refractivity contribution in [1.82, 2.24) is 0 Å². The van der Waals surface area contributed by atoms with Gasteiger partial charge in [-0.1, -0.05) is 18.7 Å². The highest BCUT2D eigenvalue weighted by Gasteiger charge is 2.26. The quantitative estimate of drug-likeness (QED) is 0.844. The number of rotatable bonds is 6. The Balaban J connectivity index is 2.20. The standard InChI is InChI=1S/C15H17NO6S/c1-9(7-23-10(2)17)15(20)16(6-14(18)19)11-3-4-12-13(5-11)22-8-21-12/h3-5,9H,6-8H2,1-2H3,(H,18,19). The molecule has 0 bridgehead atoms. The molecule has 0 fully saturated rings. The van der Waals surface area contributed by atoms with E-state index in [0.29, 0.717) is 22.9 Å². The average molecular weight is 339 g/mol. The van der Waals surface area contributed by atoms with Crippen molar-refractivity contribution in [2.45, 2.75) is 13.8 Å². The summed E-state index contributed by atoms with van der Waals surface area (Å²) in [5.74, 6) is -0.654. The first kappa shape index (κ1) is 17.1. The van der Waals surface area contributed by atoms with Crippen LogP contribution in [0.5, 0.6) is 11.5 Å². The van der Waals surface area contributed by atoms with Gasteiger partial charge in [0.15, 0.2) is 16.6 Å². The molecule has 8 heteroatoms. The van der Waals surface area contributed by atoms with E-state index in [1.165, 1.54) is 11.8 Å². The van der Waals surface area contributed by atoms with E-state index < -0.39 is 18.4 Å². The zero-order valence-corrected chi connectivity index (χ0v) is 13.6. The Hall–Kier alpha value is -2.22. The number of hydrogen-bond acceptors (Lipinski definition) is 6. The fourth-order valence-corrected chi connectivity index (χ4v) is 2.69. The number of fused-ring (bicyclic) bond motifs is 1. The maximum absolute atomic E-state index is 12.6. The van der Waals surface area contributed by atoms with Gasteiger partial charge in [0.2, 0.25) is 12.7 Å². The Kier molecular flexibility index (Phi) is 5.49. The maximum atomic E-state index is 12.6. The van der Waals surface area contributed by atoms with E-state index in [4.69, 9.17) is 14.6 Å². The van der Waals surface area contributed by atoms with Crippen LogP contribution in [0.3, 0.4) is 0 Å². The summed E-state index contributed by atoms with van der Waals surface area (Å²) >= 11 is 1.04. The number of aliphatic carboxylic acids is 1. The fourth-order valence-electron chi connectivity index (χ4n) is 2.06. The first-order chi connectivity index (χ1) is 10.9. The van der Waals surface area contributed by atoms with Crippen LogP contribution < -0.4 is 14.4 Å². The number of hydrogen-bond donors (Lipinski definition) is 1. The van der Waals surface area contributed by atoms with Crippen molar-refractivity contribution in [2.75, 3.05) is 24.0 Å². The molecule has 1 heterocycles. The van der Waals surface area contributed by atoms with Crippen molar-refractivity contribution in [1.29, 1.82) is 0 Å². The highest BCUT2D eigenvalue weighted by Crippen LogP contribution is 2.35. The number of nitrogens with zero attached hydrogens (tertiary/aromatic N) is 1. The second-order valence-corrected chi connectivity index (χ2v) is 6.26. The largest absolute Gasteiger partial charge is 0.480 e. The van der Waals surface area contributed by atoms with Crippen LogP contribution in [0.1, 0.15) is 13.8 Å². The van der Waals surface area contributed by atoms with Crippen LogP contribution in [0.4, 0.5) is 5.69 Å². The van der Waals surface area contributed by atoms with E-state index >= 15 is 0 Å². The van der Waals surface area contributed by atoms with Gasteiger partial charge in [-0.25, -0.2) is 0 Å². The molecular formula is C15H17NO6S. The summed E-state index contributed by atoms with van der Waals surface area (Å²) in [5.41, 5.74) is 0.418. The van der Waals surface area contributed by atoms with Gasteiger partial charge in [-0.3, -0.25) is 14.4 Å². The number of carbonyl (C=O) groups is 3. The van der Waals surface area contributed by atoms with Crippen LogP contribution in [0.2, 0.25) is 0 Å². The highest BCUT2D eigenvalue weighted by molar-refractivity contribution is 8.13. The fraction of sp³-hybridized carbons (Fsp3) is 0.400. The smallest absolute Gasteiger partial charge is 0.323 e. The maximum Gasteiger partial charge on any atom is 0.323 e. The Morgan fingerprint density at radius 1 is 1.30 bits per heavy atom. The van der Waals surface area contributed by atoms with E-state index in [9.17, 15) is 14.4 Å². The van der Waals surface area contributed by atoms with E-state index in [1.54, 1.807) is 25.1 Å². The lowest BCUT2D eigenvalue weighted by Crippen LogP contribution is -2.39. The van der Waals surface area contributed by atoms with Gasteiger partial charge in [-0.15, -0.1) is 0 Å². The van der Waals surface area contributed by atoms with Gasteiger partial charge in [0.05, 0.1) is 0 Å². The lowest BCUT2D eigenvalue weighted by atomic mass is 10.1. The third-order valence-corrected chi connectivity index (χ3v) is 4.26. The lowest BCUT2D eigenvalue weighted by molar-refractivity contribution is -0.137. The van der Waals surface area contributed by atoms with E-state index in [1.807, 2.05) is 0 Å². The van der Waals surface area contributed by atoms with E-state index in [0.717, 1.165) is 11.8 Å². The first-order valence-corrected chi connectivity index (χ1v) is 7.93. The summed E-state index contributed by atoms with van der Waals surface area (Å²) in [7, 11) is 0. The van der Waals surface area contributed by atoms with Gasteiger partial charge in [0.25, 0.3) is 0 Å². The molecule has 1 aromatic carbocycles. The van der Waals surface area contributed by atoms with Crippen LogP contribution in [-0.2, 0) is 14.4 Å². The molecule has 0 radical (unpaired) electrons. The van der Waals surface area contributed by atoms with Gasteiger partial charge >= 0.3 is 5.97 Å². The normalized spacial score (nSPS) is 13.5. The Bertz CT molecular complexity index is 632. The van der Waals surface area contributed by atoms with Crippen molar-refractivity contribution < 1.29 is 29.0 Å². The number of benzene rings is 1. The van der Waals surface area contributed by atoms with Crippen LogP contribution in [0, 0.1) is 5.92 Å². The molecule has 1 aromatic rings. The summed E-state index contributed by atoms with van der Waals surface area (Å²) in [4.78, 5) is 35.9. The lowest BCUT2D eigenvalue weighted by Gasteiger charge is -2.24. The van der Waals surface area contributed by atoms with Crippen molar-refractivity contribution >= 4 is 34.4 Å². The third kappa shape index (κ3) is 4.38. The highest BCUT2D eigenvalue weighted by atomic mass is 32.2. The molecule has 0 saturated carbocycles. The molecule has 1 aliphatic heterocycles. The number of ether oxygens (including phenoxy) is 2. The van der Waals surface area contributed by atoms with Gasteiger partial charge in [-0.2, -0.15) is 0 Å². The van der Waals surface area contributed by atoms with Gasteiger partial charge in [-0.05, 0) is 12.1 Å². The monoisotopic (exact) mass is 339 g/mol. The molecule has 23 heavy (non-hydrogen) atoms. The zero-order chi connectivity index (χ0) is 17.0. The Morgan fingerprint density at radius 2 is 2.00 bits per heavy atom. The van der Waals surface area contributed by atoms with Crippen molar-refractivity contribution in [3.8, 4) is 11.5 Å². The molecule has 7 nitrogen and oxygen atoms in total. The van der Waals surface area contributed by atoms with Crippen molar-refractivity contribution in [2.24, 2.45) is 5.92 Å². The zero-order valence-electron chi connectivity index (χ0n) is 12.8. The van der Waals surface area contributed by atoms with Crippen LogP contribution in [0.15, 0.2) is 18.2 Å². The molecule has 1 atom stereocenters. The minimum Gasteiger partial charge on any atom is -0.480 e. The van der Waals surface area contributed by atoms with E-state index in [-0.39, 0.29) is 17.8 Å². The van der Waals surface area contributed by atoms with Crippen LogP contribution in [0.25, 0.3) is 0 Å². The molecule has 0 aromatic heterocycles. The van der Waals surface area contributed by atoms with Crippen molar-refractivity contribution in [3.05, 3.63) is 18.2 Å². The van der Waals surface area contributed by atoms with Crippen molar-refractivity contribution in [3.63, 3.8) is 0 Å². The van der Waals surface area contributed by atoms with Gasteiger partial charge in [0.1, 0.15) is 6.54 Å². The number of amides is 1. The molecule has 0 spiro atoms. The minimum atomic E-state index is -1.12. The Morgan fingerprint density at radius 3 is 2.65 bits per heavy atom. The summed E-state index contributed by atoms with van der Waals surface area (Å²) in [6.45, 7) is 2.72. The molecule has 1 unspecified atom stereocenters. The number of carbonyl (C=O) groups excluding carboxylic acids is 2. The minimum absolute atomic E-state index is 0.0856. The summed E-state index contributed by atoms with van der Waals surface area (Å²) in [6, 6.07) is 4.82. The third-order valence-electron chi connectivity index (χ3n) is 3.19. The molecule has 1 amide bonds. The van der Waals surface area contributed by atoms with Crippen LogP contribution in [-0.4, -0.2) is 41.2 Å². The predicted octanol–water partition coefficient (Wildman–Crippen LogP) is 1.75. The second-order valence-electron chi connectivity index (χ2n) is 5.06. The van der Waals surface area contributed by atoms with Gasteiger partial charge < -0.3 is 19.5 Å². The van der Waals surface area contributed by atoms with Gasteiger partial charge in [0, 0.05) is 30.3 Å². The Labute approximate surface area is 137 Å². The number of carboxylic acids is 1. The predicted molar refractivity (Wildman–Crippen MR) is 84.9 cm³/mol. The SMILES string of the molecule is CC(=O)SCC(C)C(=O)N(CC(=O)O)c1ccc2c(c1)OCO2. The summed E-state index contributed by atoms with van der Waals surface area (Å²) in [5, 5.41) is 8.99. The average Bonchev–Trinajstić information content (AvgIpc) is 2.96. The molecule has 0 saturated heterocycles. The topological polar surface area (TPSA) is 93.1 Å². The molecule has 0 aliphatic carbocycles. The number of anilines is 1. The van der Waals surface area contributed by atoms with E-state index in [2.05, 4.69) is 0 Å². The first-order valence-electron chi connectivity index (χ1n) is 6.94.